The van der Waals surface area contributed by atoms with Crippen LogP contribution in [0.2, 0.25) is 0 Å². The smallest absolute Gasteiger partial charge is 0.416 e. The minimum atomic E-state index is -4.46. The number of ether oxygens (including phenoxy) is 1. The van der Waals surface area contributed by atoms with Crippen LogP contribution in [0, 0.1) is 11.8 Å². The molecule has 0 spiro atoms. The van der Waals surface area contributed by atoms with Crippen molar-refractivity contribution in [2.24, 2.45) is 11.8 Å². The molecule has 8 nitrogen and oxygen atoms in total. The predicted octanol–water partition coefficient (Wildman–Crippen LogP) is 4.84. The van der Waals surface area contributed by atoms with Crippen molar-refractivity contribution >= 4 is 23.3 Å². The number of fused-ring (bicyclic) bond motifs is 1. The van der Waals surface area contributed by atoms with E-state index < -0.39 is 17.8 Å². The Kier molecular flexibility index (Phi) is 9.25. The third-order valence-electron chi connectivity index (χ3n) is 7.40. The van der Waals surface area contributed by atoms with E-state index in [4.69, 9.17) is 4.74 Å². The van der Waals surface area contributed by atoms with Gasteiger partial charge >= 0.3 is 12.2 Å². The van der Waals surface area contributed by atoms with E-state index in [1.807, 2.05) is 13.8 Å². The number of anilines is 2. The van der Waals surface area contributed by atoms with Gasteiger partial charge in [-0.1, -0.05) is 6.92 Å². The molecule has 4 rings (SSSR count). The molecule has 0 radical (unpaired) electrons. The molecule has 2 aromatic carbocycles. The first-order valence-corrected chi connectivity index (χ1v) is 13.6. The molecule has 40 heavy (non-hydrogen) atoms. The summed E-state index contributed by atoms with van der Waals surface area (Å²) < 4.78 is 44.9. The normalized spacial score (nSPS) is 20.6. The van der Waals surface area contributed by atoms with Crippen molar-refractivity contribution in [3.63, 3.8) is 0 Å². The minimum absolute atomic E-state index is 0.00198. The molecule has 2 aliphatic rings. The Morgan fingerprint density at radius 3 is 2.40 bits per heavy atom. The molecule has 0 unspecified atom stereocenters. The summed E-state index contributed by atoms with van der Waals surface area (Å²) in [4.78, 5) is 29.9. The molecule has 2 aromatic rings. The number of aliphatic hydroxyl groups is 1. The summed E-state index contributed by atoms with van der Waals surface area (Å²) in [6.45, 7) is 5.81. The van der Waals surface area contributed by atoms with Gasteiger partial charge in [0.05, 0.1) is 24.6 Å². The van der Waals surface area contributed by atoms with Gasteiger partial charge in [-0.3, -0.25) is 4.79 Å². The number of benzene rings is 2. The molecule has 0 saturated heterocycles. The average Bonchev–Trinajstić information content (AvgIpc) is 3.70. The molecule has 218 valence electrons. The van der Waals surface area contributed by atoms with Gasteiger partial charge in [0, 0.05) is 42.5 Å². The van der Waals surface area contributed by atoms with Gasteiger partial charge in [0.15, 0.2) is 0 Å². The van der Waals surface area contributed by atoms with Crippen LogP contribution in [0.1, 0.15) is 37.8 Å². The van der Waals surface area contributed by atoms with Crippen LogP contribution in [0.5, 0.6) is 5.75 Å². The monoisotopic (exact) mass is 562 g/mol. The number of hydrogen-bond donors (Lipinski definition) is 3. The van der Waals surface area contributed by atoms with Gasteiger partial charge in [-0.2, -0.15) is 13.2 Å². The molecule has 0 aromatic heterocycles. The van der Waals surface area contributed by atoms with Crippen molar-refractivity contribution in [3.05, 3.63) is 53.6 Å². The fourth-order valence-corrected chi connectivity index (χ4v) is 4.88. The first-order chi connectivity index (χ1) is 18.9. The van der Waals surface area contributed by atoms with Crippen molar-refractivity contribution in [2.45, 2.75) is 51.4 Å². The zero-order valence-electron chi connectivity index (χ0n) is 23.0. The molecular weight excluding hydrogens is 525 g/mol. The number of rotatable bonds is 8. The van der Waals surface area contributed by atoms with E-state index in [1.54, 1.807) is 23.1 Å². The summed E-state index contributed by atoms with van der Waals surface area (Å²) in [6.07, 6.45) is -2.16. The largest absolute Gasteiger partial charge is 0.488 e. The van der Waals surface area contributed by atoms with Gasteiger partial charge in [-0.05, 0) is 75.2 Å². The molecule has 0 bridgehead atoms. The average molecular weight is 563 g/mol. The zero-order valence-corrected chi connectivity index (χ0v) is 23.0. The first-order valence-electron chi connectivity index (χ1n) is 13.6. The third-order valence-corrected chi connectivity index (χ3v) is 7.40. The standard InChI is InChI=1S/C29H37F3N4O4/c1-18-14-36(19(2)17-37)27(38)13-21-12-24(10-11-25(21)40-26(18)16-35(3)15-20-4-5-20)34-28(39)33-23-8-6-22(7-9-23)29(30,31)32/h6-12,18-20,26,37H,4-5,13-17H2,1-3H3,(H2,33,34,39)/t18-,19-,26+/m1/s1. The zero-order chi connectivity index (χ0) is 29.0. The number of urea groups is 1. The van der Waals surface area contributed by atoms with E-state index in [2.05, 4.69) is 22.6 Å². The Bertz CT molecular complexity index is 1190. The van der Waals surface area contributed by atoms with Crippen molar-refractivity contribution in [1.82, 2.24) is 9.80 Å². The second kappa shape index (κ2) is 12.5. The second-order valence-corrected chi connectivity index (χ2v) is 11.0. The van der Waals surface area contributed by atoms with E-state index >= 15 is 0 Å². The quantitative estimate of drug-likeness (QED) is 0.428. The number of carbonyl (C=O) groups is 2. The molecule has 3 N–H and O–H groups in total. The number of nitrogens with zero attached hydrogens (tertiary/aromatic N) is 2. The highest BCUT2D eigenvalue weighted by atomic mass is 19.4. The fraction of sp³-hybridized carbons (Fsp3) is 0.517. The number of amides is 3. The van der Waals surface area contributed by atoms with Gasteiger partial charge in [0.2, 0.25) is 5.91 Å². The maximum atomic E-state index is 13.4. The highest BCUT2D eigenvalue weighted by Crippen LogP contribution is 2.32. The highest BCUT2D eigenvalue weighted by molar-refractivity contribution is 6.00. The molecule has 1 heterocycles. The lowest BCUT2D eigenvalue weighted by atomic mass is 10.0. The number of aliphatic hydroxyl groups excluding tert-OH is 1. The number of likely N-dealkylation sites (N-methyl/N-ethyl adjacent to an activating group) is 1. The van der Waals surface area contributed by atoms with Crippen LogP contribution in [0.4, 0.5) is 29.3 Å². The number of nitrogens with one attached hydrogen (secondary N) is 2. The van der Waals surface area contributed by atoms with Crippen LogP contribution in [0.25, 0.3) is 0 Å². The van der Waals surface area contributed by atoms with Gasteiger partial charge < -0.3 is 30.3 Å². The third kappa shape index (κ3) is 7.88. The number of alkyl halides is 3. The van der Waals surface area contributed by atoms with Crippen molar-refractivity contribution in [1.29, 1.82) is 0 Å². The lowest BCUT2D eigenvalue weighted by molar-refractivity contribution is -0.137. The Labute approximate surface area is 232 Å². The number of hydrogen-bond acceptors (Lipinski definition) is 5. The number of carbonyl (C=O) groups excluding carboxylic acids is 2. The van der Waals surface area contributed by atoms with Gasteiger partial charge in [-0.25, -0.2) is 4.79 Å². The van der Waals surface area contributed by atoms with E-state index in [9.17, 15) is 27.9 Å². The minimum Gasteiger partial charge on any atom is -0.488 e. The summed E-state index contributed by atoms with van der Waals surface area (Å²) >= 11 is 0. The summed E-state index contributed by atoms with van der Waals surface area (Å²) in [5.74, 6) is 1.12. The van der Waals surface area contributed by atoms with E-state index in [-0.39, 0.29) is 42.7 Å². The molecule has 1 aliphatic heterocycles. The molecule has 3 amide bonds. The van der Waals surface area contributed by atoms with Gasteiger partial charge in [0.1, 0.15) is 11.9 Å². The SMILES string of the molecule is C[C@@H]1CN([C@H](C)CO)C(=O)Cc2cc(NC(=O)Nc3ccc(C(F)(F)F)cc3)ccc2O[C@H]1CN(C)CC1CC1. The predicted molar refractivity (Wildman–Crippen MR) is 146 cm³/mol. The van der Waals surface area contributed by atoms with Crippen molar-refractivity contribution in [2.75, 3.05) is 43.9 Å². The Morgan fingerprint density at radius 2 is 1.77 bits per heavy atom. The lowest BCUT2D eigenvalue weighted by Gasteiger charge is -2.34. The van der Waals surface area contributed by atoms with E-state index in [0.717, 1.165) is 24.6 Å². The molecular formula is C29H37F3N4O4. The molecule has 3 atom stereocenters. The van der Waals surface area contributed by atoms with Crippen molar-refractivity contribution in [3.8, 4) is 5.75 Å². The van der Waals surface area contributed by atoms with Crippen LogP contribution >= 0.6 is 0 Å². The lowest BCUT2D eigenvalue weighted by Crippen LogP contribution is -2.47. The Morgan fingerprint density at radius 1 is 1.12 bits per heavy atom. The van der Waals surface area contributed by atoms with Crippen LogP contribution < -0.4 is 15.4 Å². The Balaban J connectivity index is 1.52. The molecule has 1 fully saturated rings. The van der Waals surface area contributed by atoms with Crippen LogP contribution in [-0.2, 0) is 17.4 Å². The van der Waals surface area contributed by atoms with E-state index in [0.29, 0.717) is 30.1 Å². The van der Waals surface area contributed by atoms with Crippen molar-refractivity contribution < 1.29 is 32.6 Å². The molecule has 1 aliphatic carbocycles. The van der Waals surface area contributed by atoms with Gasteiger partial charge in [0.25, 0.3) is 0 Å². The highest BCUT2D eigenvalue weighted by Gasteiger charge is 2.33. The first kappa shape index (κ1) is 29.7. The van der Waals surface area contributed by atoms with Crippen LogP contribution in [0.15, 0.2) is 42.5 Å². The maximum Gasteiger partial charge on any atom is 0.416 e. The number of halogens is 3. The summed E-state index contributed by atoms with van der Waals surface area (Å²) in [7, 11) is 2.07. The van der Waals surface area contributed by atoms with Crippen LogP contribution in [-0.4, -0.2) is 72.3 Å². The maximum absolute atomic E-state index is 13.4. The summed E-state index contributed by atoms with van der Waals surface area (Å²) in [5.41, 5.74) is 0.386. The topological polar surface area (TPSA) is 94.1 Å². The Hall–Kier alpha value is -3.31. The van der Waals surface area contributed by atoms with Gasteiger partial charge in [-0.15, -0.1) is 0 Å². The molecule has 1 saturated carbocycles. The second-order valence-electron chi connectivity index (χ2n) is 11.0. The molecule has 11 heteroatoms. The van der Waals surface area contributed by atoms with E-state index in [1.165, 1.54) is 25.0 Å². The summed E-state index contributed by atoms with van der Waals surface area (Å²) in [6, 6.07) is 8.20. The fourth-order valence-electron chi connectivity index (χ4n) is 4.88. The summed E-state index contributed by atoms with van der Waals surface area (Å²) in [5, 5.41) is 15.0. The van der Waals surface area contributed by atoms with Crippen LogP contribution in [0.3, 0.4) is 0 Å².